The summed E-state index contributed by atoms with van der Waals surface area (Å²) in [7, 11) is 0. The summed E-state index contributed by atoms with van der Waals surface area (Å²) in [6.07, 6.45) is 35.5. The van der Waals surface area contributed by atoms with Crippen molar-refractivity contribution < 1.29 is 53.8 Å². The number of carbonyl (C=O) groups excluding carboxylic acids is 2. The molecule has 61 heavy (non-hydrogen) atoms. The minimum Gasteiger partial charge on any atom is -0.479 e. The number of hydrogen-bond acceptors (Lipinski definition) is 10. The lowest BCUT2D eigenvalue weighted by Gasteiger charge is -2.38. The molecule has 11 heteroatoms. The van der Waals surface area contributed by atoms with Crippen LogP contribution in [-0.4, -0.2) is 88.4 Å². The second kappa shape index (κ2) is 40.7. The molecule has 11 nitrogen and oxygen atoms in total. The highest BCUT2D eigenvalue weighted by Gasteiger charge is 2.47. The Labute approximate surface area is 371 Å². The lowest BCUT2D eigenvalue weighted by Crippen LogP contribution is -2.60. The van der Waals surface area contributed by atoms with Crippen LogP contribution in [0, 0.1) is 0 Å². The minimum atomic E-state index is -1.86. The van der Waals surface area contributed by atoms with Crippen molar-refractivity contribution in [3.8, 4) is 0 Å². The van der Waals surface area contributed by atoms with Crippen LogP contribution in [0.25, 0.3) is 0 Å². The van der Waals surface area contributed by atoms with Gasteiger partial charge in [0, 0.05) is 12.8 Å². The van der Waals surface area contributed by atoms with Gasteiger partial charge >= 0.3 is 17.9 Å². The SMILES string of the molecule is CCCCCCCCCC/C=C\CCCCCCCCCCCC(=O)OCC(COC1OC(C(=O)O)C(O)C(O)C1O)OC(=O)CCCCCCCCCCCCCCCC. The number of carboxylic acid groups (broad SMARTS) is 1. The third-order valence-corrected chi connectivity index (χ3v) is 11.9. The van der Waals surface area contributed by atoms with Gasteiger partial charge in [0.1, 0.15) is 24.9 Å². The molecule has 0 radical (unpaired) electrons. The monoisotopic (exact) mass is 869 g/mol. The number of unbranched alkanes of at least 4 members (excludes halogenated alkanes) is 30. The van der Waals surface area contributed by atoms with Crippen molar-refractivity contribution in [1.82, 2.24) is 0 Å². The average molecular weight is 869 g/mol. The maximum absolute atomic E-state index is 12.8. The molecule has 1 aliphatic heterocycles. The van der Waals surface area contributed by atoms with E-state index in [4.69, 9.17) is 18.9 Å². The maximum Gasteiger partial charge on any atom is 0.335 e. The average Bonchev–Trinajstić information content (AvgIpc) is 3.24. The van der Waals surface area contributed by atoms with E-state index in [1.807, 2.05) is 0 Å². The van der Waals surface area contributed by atoms with Gasteiger partial charge in [-0.25, -0.2) is 4.79 Å². The first-order valence-corrected chi connectivity index (χ1v) is 25.2. The Morgan fingerprint density at radius 1 is 0.492 bits per heavy atom. The first kappa shape index (κ1) is 57.0. The highest BCUT2D eigenvalue weighted by Crippen LogP contribution is 2.23. The van der Waals surface area contributed by atoms with Crippen molar-refractivity contribution in [3.63, 3.8) is 0 Å². The molecule has 0 aliphatic carbocycles. The van der Waals surface area contributed by atoms with Crippen LogP contribution in [-0.2, 0) is 33.3 Å². The molecule has 1 saturated heterocycles. The van der Waals surface area contributed by atoms with Gasteiger partial charge in [0.2, 0.25) is 0 Å². The van der Waals surface area contributed by atoms with Crippen LogP contribution in [0.5, 0.6) is 0 Å². The summed E-state index contributed by atoms with van der Waals surface area (Å²) in [6, 6.07) is 0. The molecule has 0 spiro atoms. The van der Waals surface area contributed by atoms with E-state index in [1.54, 1.807) is 0 Å². The standard InChI is InChI=1S/C50H92O11/c1-3-5-7-9-11-13-15-17-19-20-21-22-23-24-25-27-28-30-32-34-36-38-43(51)58-40-42(41-59-50-47(55)45(53)46(54)48(61-50)49(56)57)60-44(52)39-37-35-33-31-29-26-18-16-14-12-10-8-6-4-2/h20-21,42,45-48,50,53-55H,3-19,22-41H2,1-2H3,(H,56,57)/b21-20-. The van der Waals surface area contributed by atoms with Crippen LogP contribution >= 0.6 is 0 Å². The number of esters is 2. The lowest BCUT2D eigenvalue weighted by atomic mass is 9.99. The number of hydrogen-bond donors (Lipinski definition) is 4. The van der Waals surface area contributed by atoms with Crippen LogP contribution < -0.4 is 0 Å². The Balaban J connectivity index is 2.28. The summed E-state index contributed by atoms with van der Waals surface area (Å²) in [5.41, 5.74) is 0. The zero-order valence-corrected chi connectivity index (χ0v) is 38.9. The van der Waals surface area contributed by atoms with E-state index in [0.29, 0.717) is 12.8 Å². The van der Waals surface area contributed by atoms with Gasteiger partial charge in [0.05, 0.1) is 6.61 Å². The number of carbonyl (C=O) groups is 3. The first-order chi connectivity index (χ1) is 29.7. The highest BCUT2D eigenvalue weighted by atomic mass is 16.7. The van der Waals surface area contributed by atoms with Crippen molar-refractivity contribution in [2.24, 2.45) is 0 Å². The van der Waals surface area contributed by atoms with E-state index in [1.165, 1.54) is 161 Å². The zero-order valence-electron chi connectivity index (χ0n) is 38.9. The molecule has 0 saturated carbocycles. The third-order valence-electron chi connectivity index (χ3n) is 11.9. The number of allylic oxidation sites excluding steroid dienone is 2. The molecule has 1 heterocycles. The molecule has 1 aliphatic rings. The fourth-order valence-corrected chi connectivity index (χ4v) is 7.88. The van der Waals surface area contributed by atoms with Crippen molar-refractivity contribution in [2.75, 3.05) is 13.2 Å². The van der Waals surface area contributed by atoms with Crippen LogP contribution in [0.1, 0.15) is 239 Å². The normalized spacial score (nSPS) is 19.7. The smallest absolute Gasteiger partial charge is 0.335 e. The van der Waals surface area contributed by atoms with Gasteiger partial charge in [-0.1, -0.05) is 199 Å². The molecule has 4 N–H and O–H groups in total. The molecular formula is C50H92O11. The molecule has 0 amide bonds. The van der Waals surface area contributed by atoms with Crippen LogP contribution in [0.3, 0.4) is 0 Å². The summed E-state index contributed by atoms with van der Waals surface area (Å²) < 4.78 is 21.8. The Morgan fingerprint density at radius 2 is 0.869 bits per heavy atom. The number of ether oxygens (including phenoxy) is 4. The van der Waals surface area contributed by atoms with Crippen LogP contribution in [0.15, 0.2) is 12.2 Å². The van der Waals surface area contributed by atoms with Gasteiger partial charge in [0.25, 0.3) is 0 Å². The second-order valence-corrected chi connectivity index (χ2v) is 17.7. The van der Waals surface area contributed by atoms with E-state index in [0.717, 1.165) is 38.5 Å². The van der Waals surface area contributed by atoms with Crippen molar-refractivity contribution in [2.45, 2.75) is 275 Å². The summed E-state index contributed by atoms with van der Waals surface area (Å²) >= 11 is 0. The topological polar surface area (TPSA) is 169 Å². The van der Waals surface area contributed by atoms with Gasteiger partial charge in [0.15, 0.2) is 18.5 Å². The molecular weight excluding hydrogens is 777 g/mol. The quantitative estimate of drug-likeness (QED) is 0.0261. The van der Waals surface area contributed by atoms with Gasteiger partial charge in [-0.3, -0.25) is 9.59 Å². The number of rotatable bonds is 43. The van der Waals surface area contributed by atoms with Gasteiger partial charge in [-0.2, -0.15) is 0 Å². The Morgan fingerprint density at radius 3 is 1.28 bits per heavy atom. The molecule has 358 valence electrons. The number of aliphatic hydroxyl groups is 3. The predicted molar refractivity (Wildman–Crippen MR) is 243 cm³/mol. The number of aliphatic carboxylic acids is 1. The van der Waals surface area contributed by atoms with E-state index < -0.39 is 54.7 Å². The molecule has 0 aromatic rings. The molecule has 6 unspecified atom stereocenters. The Hall–Kier alpha value is -2.05. The van der Waals surface area contributed by atoms with Gasteiger partial charge in [-0.05, 0) is 38.5 Å². The second-order valence-electron chi connectivity index (χ2n) is 17.7. The van der Waals surface area contributed by atoms with Crippen molar-refractivity contribution >= 4 is 17.9 Å². The molecule has 6 atom stereocenters. The van der Waals surface area contributed by atoms with Crippen LogP contribution in [0.2, 0.25) is 0 Å². The maximum atomic E-state index is 12.8. The first-order valence-electron chi connectivity index (χ1n) is 25.2. The lowest BCUT2D eigenvalue weighted by molar-refractivity contribution is -0.298. The molecule has 1 fully saturated rings. The van der Waals surface area contributed by atoms with Crippen molar-refractivity contribution in [3.05, 3.63) is 12.2 Å². The van der Waals surface area contributed by atoms with Gasteiger partial charge < -0.3 is 39.4 Å². The summed E-state index contributed by atoms with van der Waals surface area (Å²) in [5, 5.41) is 39.9. The third kappa shape index (κ3) is 32.3. The van der Waals surface area contributed by atoms with Crippen molar-refractivity contribution in [1.29, 1.82) is 0 Å². The largest absolute Gasteiger partial charge is 0.479 e. The van der Waals surface area contributed by atoms with E-state index in [-0.39, 0.29) is 26.1 Å². The minimum absolute atomic E-state index is 0.188. The molecule has 0 aromatic carbocycles. The summed E-state index contributed by atoms with van der Waals surface area (Å²) in [4.78, 5) is 36.9. The summed E-state index contributed by atoms with van der Waals surface area (Å²) in [6.45, 7) is 3.84. The van der Waals surface area contributed by atoms with Gasteiger partial charge in [-0.15, -0.1) is 0 Å². The zero-order chi connectivity index (χ0) is 44.6. The van der Waals surface area contributed by atoms with E-state index >= 15 is 0 Å². The number of aliphatic hydroxyl groups excluding tert-OH is 3. The van der Waals surface area contributed by atoms with E-state index in [9.17, 15) is 34.8 Å². The summed E-state index contributed by atoms with van der Waals surface area (Å²) in [5.74, 6) is -2.43. The van der Waals surface area contributed by atoms with E-state index in [2.05, 4.69) is 26.0 Å². The predicted octanol–water partition coefficient (Wildman–Crippen LogP) is 11.6. The molecule has 0 bridgehead atoms. The highest BCUT2D eigenvalue weighted by molar-refractivity contribution is 5.73. The molecule has 0 aromatic heterocycles. The number of carboxylic acids is 1. The Bertz CT molecular complexity index is 1070. The van der Waals surface area contributed by atoms with Crippen LogP contribution in [0.4, 0.5) is 0 Å². The fourth-order valence-electron chi connectivity index (χ4n) is 7.88. The molecule has 1 rings (SSSR count). The Kier molecular flexibility index (Phi) is 38.0. The fraction of sp³-hybridized carbons (Fsp3) is 0.900.